The molecule has 0 saturated heterocycles. The van der Waals surface area contributed by atoms with Gasteiger partial charge in [-0.15, -0.1) is 0 Å². The normalized spacial score (nSPS) is 14.3. The first-order valence-corrected chi connectivity index (χ1v) is 12.0. The third-order valence-electron chi connectivity index (χ3n) is 6.38. The maximum absolute atomic E-state index is 13.8. The van der Waals surface area contributed by atoms with E-state index in [0.29, 0.717) is 5.69 Å². The molecule has 7 nitrogen and oxygen atoms in total. The molecule has 1 atom stereocenters. The van der Waals surface area contributed by atoms with E-state index in [1.165, 1.54) is 17.2 Å². The van der Waals surface area contributed by atoms with Gasteiger partial charge in [-0.1, -0.05) is 49.2 Å². The molecule has 1 aliphatic rings. The first-order chi connectivity index (χ1) is 16.9. The summed E-state index contributed by atoms with van der Waals surface area (Å²) >= 11 is 0. The average molecular weight is 474 g/mol. The summed E-state index contributed by atoms with van der Waals surface area (Å²) in [7, 11) is 0. The Balaban J connectivity index is 1.70. The molecule has 0 radical (unpaired) electrons. The van der Waals surface area contributed by atoms with Crippen LogP contribution >= 0.6 is 0 Å². The highest BCUT2D eigenvalue weighted by molar-refractivity contribution is 6.04. The van der Waals surface area contributed by atoms with Gasteiger partial charge in [-0.05, 0) is 67.6 Å². The summed E-state index contributed by atoms with van der Waals surface area (Å²) in [5, 5.41) is 5.80. The highest BCUT2D eigenvalue weighted by Gasteiger charge is 2.35. The van der Waals surface area contributed by atoms with E-state index in [2.05, 4.69) is 10.6 Å². The van der Waals surface area contributed by atoms with Crippen molar-refractivity contribution >= 4 is 23.4 Å². The molecule has 1 heterocycles. The zero-order valence-corrected chi connectivity index (χ0v) is 20.1. The van der Waals surface area contributed by atoms with E-state index in [4.69, 9.17) is 4.42 Å². The fourth-order valence-electron chi connectivity index (χ4n) is 4.59. The minimum atomic E-state index is -0.883. The second kappa shape index (κ2) is 11.0. The van der Waals surface area contributed by atoms with E-state index in [1.54, 1.807) is 6.07 Å². The number of nitrogens with zero attached hydrogens (tertiary/aromatic N) is 1. The van der Waals surface area contributed by atoms with Crippen molar-refractivity contribution in [1.29, 1.82) is 0 Å². The lowest BCUT2D eigenvalue weighted by atomic mass is 9.97. The van der Waals surface area contributed by atoms with Crippen LogP contribution in [0.5, 0.6) is 0 Å². The highest BCUT2D eigenvalue weighted by Crippen LogP contribution is 2.31. The largest absolute Gasteiger partial charge is 0.459 e. The van der Waals surface area contributed by atoms with Crippen molar-refractivity contribution in [2.24, 2.45) is 0 Å². The van der Waals surface area contributed by atoms with E-state index in [9.17, 15) is 14.4 Å². The standard InChI is InChI=1S/C28H31N3O4/c1-19-9-7-13-22(17-19)31(25(32)18-29-27(33)24-15-8-16-35-24)26(23-14-6-3-10-20(23)2)28(34)30-21-11-4-5-12-21/h3,6-10,13-17,21,26H,4-5,11-12,18H2,1-2H3,(H,29,33)(H,30,34)/t26-/m0/s1. The van der Waals surface area contributed by atoms with Gasteiger partial charge >= 0.3 is 0 Å². The van der Waals surface area contributed by atoms with Crippen LogP contribution in [0.15, 0.2) is 71.3 Å². The molecular formula is C28H31N3O4. The van der Waals surface area contributed by atoms with Crippen molar-refractivity contribution in [3.63, 3.8) is 0 Å². The second-order valence-electron chi connectivity index (χ2n) is 9.01. The van der Waals surface area contributed by atoms with Crippen molar-refractivity contribution in [3.05, 3.63) is 89.4 Å². The third-order valence-corrected chi connectivity index (χ3v) is 6.38. The predicted octanol–water partition coefficient (Wildman–Crippen LogP) is 4.46. The summed E-state index contributed by atoms with van der Waals surface area (Å²) in [4.78, 5) is 41.4. The number of benzene rings is 2. The molecule has 7 heteroatoms. The minimum Gasteiger partial charge on any atom is -0.459 e. The summed E-state index contributed by atoms with van der Waals surface area (Å²) in [6, 6.07) is 17.4. The fraction of sp³-hybridized carbons (Fsp3) is 0.321. The summed E-state index contributed by atoms with van der Waals surface area (Å²) in [6.07, 6.45) is 5.43. The molecule has 0 bridgehead atoms. The smallest absolute Gasteiger partial charge is 0.287 e. The van der Waals surface area contributed by atoms with Gasteiger partial charge in [-0.2, -0.15) is 0 Å². The fourth-order valence-corrected chi connectivity index (χ4v) is 4.59. The molecule has 1 saturated carbocycles. The maximum atomic E-state index is 13.8. The molecule has 182 valence electrons. The number of aryl methyl sites for hydroxylation is 2. The Morgan fingerprint density at radius 3 is 2.46 bits per heavy atom. The van der Waals surface area contributed by atoms with E-state index < -0.39 is 17.9 Å². The van der Waals surface area contributed by atoms with E-state index in [-0.39, 0.29) is 24.3 Å². The number of carbonyl (C=O) groups excluding carboxylic acids is 3. The van der Waals surface area contributed by atoms with Crippen LogP contribution in [-0.2, 0) is 9.59 Å². The zero-order valence-electron chi connectivity index (χ0n) is 20.1. The van der Waals surface area contributed by atoms with E-state index >= 15 is 0 Å². The zero-order chi connectivity index (χ0) is 24.8. The predicted molar refractivity (Wildman–Crippen MR) is 134 cm³/mol. The Morgan fingerprint density at radius 2 is 1.77 bits per heavy atom. The molecule has 2 N–H and O–H groups in total. The van der Waals surface area contributed by atoms with Gasteiger partial charge in [0.05, 0.1) is 12.8 Å². The van der Waals surface area contributed by atoms with Crippen LogP contribution in [-0.4, -0.2) is 30.3 Å². The first kappa shape index (κ1) is 24.3. The Morgan fingerprint density at radius 1 is 1.00 bits per heavy atom. The van der Waals surface area contributed by atoms with Crippen LogP contribution in [0.25, 0.3) is 0 Å². The van der Waals surface area contributed by atoms with Crippen LogP contribution in [0.2, 0.25) is 0 Å². The molecule has 1 fully saturated rings. The number of anilines is 1. The van der Waals surface area contributed by atoms with Gasteiger partial charge in [0.15, 0.2) is 5.76 Å². The van der Waals surface area contributed by atoms with Crippen molar-refractivity contribution in [3.8, 4) is 0 Å². The van der Waals surface area contributed by atoms with Gasteiger partial charge in [-0.3, -0.25) is 19.3 Å². The SMILES string of the molecule is Cc1cccc(N(C(=O)CNC(=O)c2ccco2)[C@H](C(=O)NC2CCCC2)c2ccccc2C)c1. The molecule has 0 aliphatic heterocycles. The topological polar surface area (TPSA) is 91.7 Å². The van der Waals surface area contributed by atoms with Gasteiger partial charge in [0.25, 0.3) is 5.91 Å². The molecule has 3 amide bonds. The van der Waals surface area contributed by atoms with Crippen molar-refractivity contribution in [2.45, 2.75) is 51.6 Å². The molecular weight excluding hydrogens is 442 g/mol. The lowest BCUT2D eigenvalue weighted by molar-refractivity contribution is -0.126. The molecule has 3 aromatic rings. The Hall–Kier alpha value is -3.87. The Labute approximate surface area is 205 Å². The third kappa shape index (κ3) is 5.80. The van der Waals surface area contributed by atoms with Crippen LogP contribution in [0.3, 0.4) is 0 Å². The maximum Gasteiger partial charge on any atom is 0.287 e. The van der Waals surface area contributed by atoms with Gasteiger partial charge in [0.2, 0.25) is 11.8 Å². The van der Waals surface area contributed by atoms with E-state index in [1.807, 2.05) is 62.4 Å². The Bertz CT molecular complexity index is 1180. The molecule has 35 heavy (non-hydrogen) atoms. The average Bonchev–Trinajstić information content (AvgIpc) is 3.56. The monoisotopic (exact) mass is 473 g/mol. The molecule has 0 unspecified atom stereocenters. The molecule has 1 aromatic heterocycles. The van der Waals surface area contributed by atoms with Crippen LogP contribution < -0.4 is 15.5 Å². The quantitative estimate of drug-likeness (QED) is 0.505. The van der Waals surface area contributed by atoms with Gasteiger partial charge < -0.3 is 15.1 Å². The summed E-state index contributed by atoms with van der Waals surface area (Å²) < 4.78 is 5.13. The summed E-state index contributed by atoms with van der Waals surface area (Å²) in [6.45, 7) is 3.58. The number of nitrogens with one attached hydrogen (secondary N) is 2. The molecule has 1 aliphatic carbocycles. The second-order valence-corrected chi connectivity index (χ2v) is 9.01. The lowest BCUT2D eigenvalue weighted by Crippen LogP contribution is -2.49. The molecule has 4 rings (SSSR count). The van der Waals surface area contributed by atoms with Gasteiger partial charge in [0, 0.05) is 11.7 Å². The van der Waals surface area contributed by atoms with Crippen molar-refractivity contribution in [1.82, 2.24) is 10.6 Å². The van der Waals surface area contributed by atoms with Crippen molar-refractivity contribution < 1.29 is 18.8 Å². The number of carbonyl (C=O) groups is 3. The molecule has 2 aromatic carbocycles. The first-order valence-electron chi connectivity index (χ1n) is 12.0. The lowest BCUT2D eigenvalue weighted by Gasteiger charge is -2.33. The summed E-state index contributed by atoms with van der Waals surface area (Å²) in [5.41, 5.74) is 3.20. The van der Waals surface area contributed by atoms with Crippen molar-refractivity contribution in [2.75, 3.05) is 11.4 Å². The number of hydrogen-bond donors (Lipinski definition) is 2. The van der Waals surface area contributed by atoms with E-state index in [0.717, 1.165) is 42.4 Å². The van der Waals surface area contributed by atoms with Gasteiger partial charge in [-0.25, -0.2) is 0 Å². The number of hydrogen-bond acceptors (Lipinski definition) is 4. The van der Waals surface area contributed by atoms with Gasteiger partial charge in [0.1, 0.15) is 6.04 Å². The van der Waals surface area contributed by atoms with Crippen LogP contribution in [0.1, 0.15) is 59.0 Å². The summed E-state index contributed by atoms with van der Waals surface area (Å²) in [5.74, 6) is -0.992. The van der Waals surface area contributed by atoms with Crippen LogP contribution in [0.4, 0.5) is 5.69 Å². The number of amides is 3. The minimum absolute atomic E-state index is 0.0992. The van der Waals surface area contributed by atoms with Crippen LogP contribution in [0, 0.1) is 13.8 Å². The number of rotatable bonds is 8. The Kier molecular flexibility index (Phi) is 7.65. The highest BCUT2D eigenvalue weighted by atomic mass is 16.3. The molecule has 0 spiro atoms. The number of furan rings is 1.